The van der Waals surface area contributed by atoms with Crippen molar-refractivity contribution in [1.29, 1.82) is 0 Å². The average molecular weight is 284 g/mol. The molecular formula is C10H12N4O6. The molecule has 0 bridgehead atoms. The fraction of sp³-hybridized carbons (Fsp3) is 0.400. The first-order valence-corrected chi connectivity index (χ1v) is 5.73. The van der Waals surface area contributed by atoms with Crippen LogP contribution in [0.15, 0.2) is 16.8 Å². The monoisotopic (exact) mass is 284 g/mol. The molecule has 0 fully saturated rings. The lowest BCUT2D eigenvalue weighted by Crippen LogP contribution is -2.47. The standard InChI is InChI=1S/C10H12N4O6/c15-5-3-14(19,4-6-16)8-2-1-7(13(17)18)9-10(8)12-20-11-9/h1-2,15-16H,3-6H2. The number of nitrogens with zero attached hydrogens (tertiary/aromatic N) is 4. The van der Waals surface area contributed by atoms with Crippen molar-refractivity contribution >= 4 is 22.4 Å². The molecule has 0 saturated carbocycles. The molecule has 2 aromatic rings. The Hall–Kier alpha value is -2.14. The number of hydrogen-bond donors (Lipinski definition) is 2. The molecule has 0 spiro atoms. The molecule has 0 saturated heterocycles. The molecule has 1 aromatic carbocycles. The summed E-state index contributed by atoms with van der Waals surface area (Å²) < 4.78 is 3.40. The van der Waals surface area contributed by atoms with Gasteiger partial charge in [0.1, 0.15) is 13.1 Å². The fourth-order valence-corrected chi connectivity index (χ4v) is 1.99. The van der Waals surface area contributed by atoms with Gasteiger partial charge < -0.3 is 20.1 Å². The van der Waals surface area contributed by atoms with E-state index in [1.54, 1.807) is 0 Å². The number of aromatic nitrogens is 2. The maximum Gasteiger partial charge on any atom is 0.301 e. The minimum absolute atomic E-state index is 0.0453. The number of nitro benzene ring substituents is 1. The zero-order valence-electron chi connectivity index (χ0n) is 10.3. The molecule has 2 N–H and O–H groups in total. The van der Waals surface area contributed by atoms with Gasteiger partial charge >= 0.3 is 5.69 Å². The van der Waals surface area contributed by atoms with Crippen LogP contribution in [-0.4, -0.2) is 51.8 Å². The van der Waals surface area contributed by atoms with E-state index in [0.29, 0.717) is 0 Å². The maximum atomic E-state index is 12.6. The maximum absolute atomic E-state index is 12.6. The molecule has 1 heterocycles. The van der Waals surface area contributed by atoms with E-state index in [9.17, 15) is 15.3 Å². The molecule has 0 unspecified atom stereocenters. The van der Waals surface area contributed by atoms with Crippen molar-refractivity contribution in [3.63, 3.8) is 0 Å². The summed E-state index contributed by atoms with van der Waals surface area (Å²) >= 11 is 0. The number of fused-ring (bicyclic) bond motifs is 1. The van der Waals surface area contributed by atoms with Crippen LogP contribution in [0, 0.1) is 15.3 Å². The Bertz CT molecular complexity index is 621. The summed E-state index contributed by atoms with van der Waals surface area (Å²) in [5, 5.41) is 48.4. The van der Waals surface area contributed by atoms with E-state index in [1.807, 2.05) is 0 Å². The van der Waals surface area contributed by atoms with Crippen LogP contribution in [0.1, 0.15) is 0 Å². The topological polar surface area (TPSA) is 146 Å². The molecular weight excluding hydrogens is 272 g/mol. The molecule has 0 aliphatic heterocycles. The van der Waals surface area contributed by atoms with E-state index in [1.165, 1.54) is 6.07 Å². The van der Waals surface area contributed by atoms with Crippen molar-refractivity contribution in [2.24, 2.45) is 0 Å². The van der Waals surface area contributed by atoms with Gasteiger partial charge in [-0.25, -0.2) is 4.63 Å². The highest BCUT2D eigenvalue weighted by Gasteiger charge is 2.29. The van der Waals surface area contributed by atoms with Gasteiger partial charge in [0.2, 0.25) is 11.0 Å². The van der Waals surface area contributed by atoms with E-state index in [4.69, 9.17) is 10.2 Å². The molecule has 108 valence electrons. The summed E-state index contributed by atoms with van der Waals surface area (Å²) in [6.45, 7) is -1.26. The van der Waals surface area contributed by atoms with Gasteiger partial charge in [0.25, 0.3) is 0 Å². The minimum Gasteiger partial charge on any atom is -0.627 e. The number of benzene rings is 1. The van der Waals surface area contributed by atoms with Gasteiger partial charge in [-0.3, -0.25) is 10.1 Å². The number of nitro groups is 1. The number of hydrogen-bond acceptors (Lipinski definition) is 8. The summed E-state index contributed by atoms with van der Waals surface area (Å²) in [6.07, 6.45) is 0. The summed E-state index contributed by atoms with van der Waals surface area (Å²) in [5.74, 6) is 0. The van der Waals surface area contributed by atoms with E-state index in [2.05, 4.69) is 14.9 Å². The quantitative estimate of drug-likeness (QED) is 0.425. The van der Waals surface area contributed by atoms with E-state index in [-0.39, 0.29) is 35.5 Å². The number of aliphatic hydroxyl groups excluding tert-OH is 2. The lowest BCUT2D eigenvalue weighted by molar-refractivity contribution is -0.383. The fourth-order valence-electron chi connectivity index (χ4n) is 1.99. The average Bonchev–Trinajstić information content (AvgIpc) is 2.86. The van der Waals surface area contributed by atoms with Crippen molar-refractivity contribution in [3.8, 4) is 0 Å². The van der Waals surface area contributed by atoms with E-state index >= 15 is 0 Å². The Morgan fingerprint density at radius 3 is 2.35 bits per heavy atom. The van der Waals surface area contributed by atoms with Crippen LogP contribution in [-0.2, 0) is 0 Å². The lowest BCUT2D eigenvalue weighted by Gasteiger charge is -2.40. The second-order valence-corrected chi connectivity index (χ2v) is 4.11. The third-order valence-corrected chi connectivity index (χ3v) is 2.93. The van der Waals surface area contributed by atoms with Crippen molar-refractivity contribution in [2.45, 2.75) is 0 Å². The molecule has 0 aliphatic carbocycles. The largest absolute Gasteiger partial charge is 0.627 e. The summed E-state index contributed by atoms with van der Waals surface area (Å²) in [5.41, 5.74) is -0.461. The highest BCUT2D eigenvalue weighted by molar-refractivity contribution is 5.93. The van der Waals surface area contributed by atoms with Crippen LogP contribution >= 0.6 is 0 Å². The molecule has 0 atom stereocenters. The van der Waals surface area contributed by atoms with Crippen LogP contribution in [0.3, 0.4) is 0 Å². The highest BCUT2D eigenvalue weighted by Crippen LogP contribution is 2.34. The number of quaternary nitrogens is 1. The van der Waals surface area contributed by atoms with Gasteiger partial charge in [0.15, 0.2) is 5.69 Å². The molecule has 0 radical (unpaired) electrons. The van der Waals surface area contributed by atoms with Crippen LogP contribution in [0.2, 0.25) is 0 Å². The zero-order chi connectivity index (χ0) is 14.8. The molecule has 0 amide bonds. The number of non-ortho nitro benzene ring substituents is 1. The Morgan fingerprint density at radius 1 is 1.20 bits per heavy atom. The molecule has 2 rings (SSSR count). The van der Waals surface area contributed by atoms with E-state index in [0.717, 1.165) is 6.07 Å². The third-order valence-electron chi connectivity index (χ3n) is 2.93. The molecule has 20 heavy (non-hydrogen) atoms. The van der Waals surface area contributed by atoms with Gasteiger partial charge in [-0.05, 0) is 10.3 Å². The lowest BCUT2D eigenvalue weighted by atomic mass is 10.2. The summed E-state index contributed by atoms with van der Waals surface area (Å²) in [4.78, 5) is 10.2. The minimum atomic E-state index is -1.07. The van der Waals surface area contributed by atoms with Gasteiger partial charge in [0, 0.05) is 12.1 Å². The second kappa shape index (κ2) is 5.46. The Balaban J connectivity index is 2.62. The van der Waals surface area contributed by atoms with Crippen LogP contribution < -0.4 is 4.65 Å². The molecule has 10 nitrogen and oxygen atoms in total. The summed E-state index contributed by atoms with van der Waals surface area (Å²) in [7, 11) is 0. The van der Waals surface area contributed by atoms with Crippen molar-refractivity contribution in [3.05, 3.63) is 27.5 Å². The van der Waals surface area contributed by atoms with Crippen molar-refractivity contribution in [2.75, 3.05) is 26.3 Å². The third kappa shape index (κ3) is 2.32. The highest BCUT2D eigenvalue weighted by atomic mass is 16.6. The predicted octanol–water partition coefficient (Wildman–Crippen LogP) is -0.0793. The first-order chi connectivity index (χ1) is 9.53. The van der Waals surface area contributed by atoms with Crippen molar-refractivity contribution < 1.29 is 19.8 Å². The second-order valence-electron chi connectivity index (χ2n) is 4.11. The van der Waals surface area contributed by atoms with Gasteiger partial charge in [0.05, 0.1) is 18.1 Å². The first-order valence-electron chi connectivity index (χ1n) is 5.73. The van der Waals surface area contributed by atoms with Gasteiger partial charge in [-0.2, -0.15) is 0 Å². The smallest absolute Gasteiger partial charge is 0.301 e. The van der Waals surface area contributed by atoms with Gasteiger partial charge in [-0.1, -0.05) is 0 Å². The Kier molecular flexibility index (Phi) is 3.90. The normalized spacial score (nSPS) is 11.9. The molecule has 0 aliphatic rings. The van der Waals surface area contributed by atoms with Crippen LogP contribution in [0.25, 0.3) is 11.0 Å². The number of aliphatic hydroxyl groups is 2. The summed E-state index contributed by atoms with van der Waals surface area (Å²) in [6, 6.07) is 2.37. The van der Waals surface area contributed by atoms with Crippen LogP contribution in [0.4, 0.5) is 11.4 Å². The molecule has 10 heteroatoms. The molecule has 1 aromatic heterocycles. The number of rotatable bonds is 6. The number of hydroxylamine groups is 2. The SMILES string of the molecule is O=[N+]([O-])c1ccc([N+]([O-])(CCO)CCO)c2nonc12. The Labute approximate surface area is 112 Å². The van der Waals surface area contributed by atoms with E-state index < -0.39 is 22.8 Å². The zero-order valence-corrected chi connectivity index (χ0v) is 10.3. The van der Waals surface area contributed by atoms with Crippen molar-refractivity contribution in [1.82, 2.24) is 15.0 Å². The van der Waals surface area contributed by atoms with Crippen LogP contribution in [0.5, 0.6) is 0 Å². The Morgan fingerprint density at radius 2 is 1.80 bits per heavy atom. The first kappa shape index (κ1) is 14.3. The van der Waals surface area contributed by atoms with Gasteiger partial charge in [-0.15, -0.1) is 0 Å². The predicted molar refractivity (Wildman–Crippen MR) is 67.5 cm³/mol.